The van der Waals surface area contributed by atoms with Gasteiger partial charge in [0.05, 0.1) is 18.7 Å². The summed E-state index contributed by atoms with van der Waals surface area (Å²) in [6.45, 7) is 7.91. The monoisotopic (exact) mass is 457 g/mol. The first kappa shape index (κ1) is 24.0. The second kappa shape index (κ2) is 10.3. The van der Waals surface area contributed by atoms with E-state index in [-0.39, 0.29) is 30.1 Å². The lowest BCUT2D eigenvalue weighted by Gasteiger charge is -2.18. The van der Waals surface area contributed by atoms with E-state index in [1.165, 1.54) is 19.1 Å². The lowest BCUT2D eigenvalue weighted by molar-refractivity contribution is -0.461. The Morgan fingerprint density at radius 2 is 1.82 bits per heavy atom. The van der Waals surface area contributed by atoms with Gasteiger partial charge in [-0.3, -0.25) is 21.3 Å². The van der Waals surface area contributed by atoms with E-state index in [9.17, 15) is 9.18 Å². The molecule has 9 heteroatoms. The van der Waals surface area contributed by atoms with Crippen molar-refractivity contribution >= 4 is 22.8 Å². The minimum absolute atomic E-state index is 0.0779. The number of nitrogens with zero attached hydrogens (tertiary/aromatic N) is 1. The minimum Gasteiger partial charge on any atom is -0.486 e. The Hall–Kier alpha value is -3.62. The van der Waals surface area contributed by atoms with Crippen molar-refractivity contribution in [3.05, 3.63) is 52.7 Å². The minimum atomic E-state index is -0.271. The zero-order valence-electron chi connectivity index (χ0n) is 19.3. The van der Waals surface area contributed by atoms with Crippen LogP contribution in [0.3, 0.4) is 0 Å². The molecule has 8 nitrogen and oxygen atoms in total. The topological polar surface area (TPSA) is 128 Å². The summed E-state index contributed by atoms with van der Waals surface area (Å²) >= 11 is 0. The maximum absolute atomic E-state index is 13.2. The highest BCUT2D eigenvalue weighted by atomic mass is 19.1. The third kappa shape index (κ3) is 5.60. The highest BCUT2D eigenvalue weighted by molar-refractivity contribution is 6.05. The number of benzene rings is 2. The lowest BCUT2D eigenvalue weighted by Crippen LogP contribution is -2.79. The van der Waals surface area contributed by atoms with Crippen LogP contribution in [0.1, 0.15) is 53.6 Å². The third-order valence-electron chi connectivity index (χ3n) is 5.37. The quantitative estimate of drug-likeness (QED) is 0.184. The fourth-order valence-corrected chi connectivity index (χ4v) is 3.68. The maximum Gasteiger partial charge on any atom is 0.338 e. The lowest BCUT2D eigenvalue weighted by atomic mass is 9.98. The third-order valence-corrected chi connectivity index (χ3v) is 5.37. The molecule has 5 N–H and O–H groups in total. The molecular weight excluding hydrogens is 427 g/mol. The largest absolute Gasteiger partial charge is 0.486 e. The molecule has 33 heavy (non-hydrogen) atoms. The number of carbonyl (C=O) groups is 1. The number of fused-ring (bicyclic) bond motifs is 1. The summed E-state index contributed by atoms with van der Waals surface area (Å²) in [7, 11) is 0. The molecule has 1 unspecified atom stereocenters. The van der Waals surface area contributed by atoms with E-state index in [1.807, 2.05) is 6.92 Å². The molecule has 0 aliphatic rings. The first-order valence-electron chi connectivity index (χ1n) is 10.8. The van der Waals surface area contributed by atoms with E-state index < -0.39 is 0 Å². The van der Waals surface area contributed by atoms with Crippen molar-refractivity contribution in [2.45, 2.75) is 40.0 Å². The van der Waals surface area contributed by atoms with Crippen LogP contribution in [0.4, 0.5) is 4.39 Å². The fraction of sp³-hybridized carbons (Fsp3) is 0.375. The van der Waals surface area contributed by atoms with Crippen molar-refractivity contribution in [3.63, 3.8) is 0 Å². The summed E-state index contributed by atoms with van der Waals surface area (Å²) < 4.78 is 31.2. The second-order valence-corrected chi connectivity index (χ2v) is 7.95. The van der Waals surface area contributed by atoms with Gasteiger partial charge in [0.15, 0.2) is 17.4 Å². The van der Waals surface area contributed by atoms with Crippen molar-refractivity contribution in [2.75, 3.05) is 19.8 Å². The summed E-state index contributed by atoms with van der Waals surface area (Å²) in [5, 5.41) is 0. The van der Waals surface area contributed by atoms with Crippen LogP contribution < -0.4 is 25.9 Å². The van der Waals surface area contributed by atoms with Gasteiger partial charge in [-0.15, -0.1) is 0 Å². The van der Waals surface area contributed by atoms with Crippen molar-refractivity contribution in [3.8, 4) is 11.5 Å². The highest BCUT2D eigenvalue weighted by Crippen LogP contribution is 2.42. The summed E-state index contributed by atoms with van der Waals surface area (Å²) in [6, 6.07) is 6.41. The van der Waals surface area contributed by atoms with Gasteiger partial charge in [0.1, 0.15) is 17.9 Å². The van der Waals surface area contributed by atoms with Gasteiger partial charge < -0.3 is 13.9 Å². The van der Waals surface area contributed by atoms with E-state index in [2.05, 4.69) is 9.98 Å². The van der Waals surface area contributed by atoms with Gasteiger partial charge in [0.25, 0.3) is 0 Å². The molecule has 0 fully saturated rings. The molecule has 0 spiro atoms. The molecule has 0 saturated carbocycles. The average Bonchev–Trinajstić information content (AvgIpc) is 3.15. The Kier molecular flexibility index (Phi) is 7.52. The molecule has 1 atom stereocenters. The van der Waals surface area contributed by atoms with Crippen LogP contribution in [0, 0.1) is 19.7 Å². The number of nitrogens with one attached hydrogen (secondary N) is 1. The fourth-order valence-electron chi connectivity index (χ4n) is 3.68. The normalized spacial score (nSPS) is 11.9. The molecule has 0 amide bonds. The Balaban J connectivity index is 1.92. The number of aromatic nitrogens is 1. The predicted octanol–water partition coefficient (Wildman–Crippen LogP) is 2.09. The van der Waals surface area contributed by atoms with Crippen LogP contribution in [0.5, 0.6) is 11.5 Å². The van der Waals surface area contributed by atoms with Gasteiger partial charge in [-0.05, 0) is 49.4 Å². The van der Waals surface area contributed by atoms with Crippen molar-refractivity contribution in [1.29, 1.82) is 0 Å². The first-order chi connectivity index (χ1) is 15.7. The second-order valence-electron chi connectivity index (χ2n) is 7.95. The number of guanidine groups is 1. The number of oxazole rings is 1. The van der Waals surface area contributed by atoms with Crippen molar-refractivity contribution in [2.24, 2.45) is 11.5 Å². The molecule has 0 radical (unpaired) electrons. The van der Waals surface area contributed by atoms with Crippen LogP contribution in [-0.4, -0.2) is 36.5 Å². The molecular formula is C24H30FN4O4+. The summed E-state index contributed by atoms with van der Waals surface area (Å²) in [4.78, 5) is 19.8. The molecule has 1 aromatic heterocycles. The van der Waals surface area contributed by atoms with Crippen LogP contribution in [0.2, 0.25) is 0 Å². The number of nitrogens with two attached hydrogens (primary N) is 2. The standard InChI is InChI=1S/C24H29FN4O4/c1-13(17-5-7-18(25)8-6-17)9-11-31-23-21(32-12-10-28-24(26)27)19(15(3)30)14(2)20-22(23)33-16(4)29-20/h5-8,13H,9-12H2,1-4H3,(H4,26,27,28)/p+1. The Bertz CT molecular complexity index is 1170. The van der Waals surface area contributed by atoms with Gasteiger partial charge >= 0.3 is 5.96 Å². The van der Waals surface area contributed by atoms with E-state index in [4.69, 9.17) is 25.4 Å². The van der Waals surface area contributed by atoms with E-state index >= 15 is 0 Å². The zero-order chi connectivity index (χ0) is 24.1. The summed E-state index contributed by atoms with van der Waals surface area (Å²) in [5.74, 6) is 0.852. The predicted molar refractivity (Wildman–Crippen MR) is 123 cm³/mol. The number of hydrogen-bond donors (Lipinski definition) is 3. The SMILES string of the molecule is CC(=O)c1c(OCC[NH+]=C(N)N)c(OCCC(C)c2ccc(F)cc2)c2oc(C)nc2c1C. The van der Waals surface area contributed by atoms with E-state index in [1.54, 1.807) is 26.0 Å². The average molecular weight is 458 g/mol. The smallest absolute Gasteiger partial charge is 0.338 e. The molecule has 1 heterocycles. The Labute approximate surface area is 191 Å². The summed E-state index contributed by atoms with van der Waals surface area (Å²) in [5.41, 5.74) is 13.9. The number of aryl methyl sites for hydroxylation is 2. The number of ketones is 1. The molecule has 0 bridgehead atoms. The molecule has 176 valence electrons. The number of halogens is 1. The molecule has 0 aliphatic heterocycles. The number of hydrogen-bond acceptors (Lipinski definition) is 5. The van der Waals surface area contributed by atoms with Crippen LogP contribution in [0.25, 0.3) is 11.1 Å². The van der Waals surface area contributed by atoms with Crippen LogP contribution >= 0.6 is 0 Å². The van der Waals surface area contributed by atoms with Crippen molar-refractivity contribution < 1.29 is 28.1 Å². The van der Waals surface area contributed by atoms with Gasteiger partial charge in [0, 0.05) is 6.92 Å². The van der Waals surface area contributed by atoms with Gasteiger partial charge in [-0.1, -0.05) is 19.1 Å². The molecule has 3 rings (SSSR count). The molecule has 0 saturated heterocycles. The van der Waals surface area contributed by atoms with Gasteiger partial charge in [-0.2, -0.15) is 0 Å². The number of Topliss-reactive ketones (excluding diaryl/α,β-unsaturated/α-hetero) is 1. The Morgan fingerprint density at radius 3 is 2.45 bits per heavy atom. The van der Waals surface area contributed by atoms with Gasteiger partial charge in [0.2, 0.25) is 11.3 Å². The maximum atomic E-state index is 13.2. The molecule has 2 aromatic carbocycles. The number of carbonyl (C=O) groups excluding carboxylic acids is 1. The van der Waals surface area contributed by atoms with Crippen molar-refractivity contribution in [1.82, 2.24) is 4.98 Å². The van der Waals surface area contributed by atoms with Gasteiger partial charge in [-0.25, -0.2) is 9.37 Å². The first-order valence-corrected chi connectivity index (χ1v) is 10.8. The zero-order valence-corrected chi connectivity index (χ0v) is 19.3. The van der Waals surface area contributed by atoms with Crippen LogP contribution in [0.15, 0.2) is 28.7 Å². The molecule has 3 aromatic rings. The van der Waals surface area contributed by atoms with Crippen LogP contribution in [-0.2, 0) is 0 Å². The number of ether oxygens (including phenoxy) is 2. The number of rotatable bonds is 10. The van der Waals surface area contributed by atoms with E-state index in [0.717, 1.165) is 5.56 Å². The highest BCUT2D eigenvalue weighted by Gasteiger charge is 2.26. The molecule has 0 aliphatic carbocycles. The summed E-state index contributed by atoms with van der Waals surface area (Å²) in [6.07, 6.45) is 0.656. The van der Waals surface area contributed by atoms with E-state index in [0.29, 0.717) is 59.2 Å². The Morgan fingerprint density at radius 1 is 1.15 bits per heavy atom.